The highest BCUT2D eigenvalue weighted by Gasteiger charge is 2.17. The van der Waals surface area contributed by atoms with E-state index in [1.54, 1.807) is 0 Å². The van der Waals surface area contributed by atoms with Crippen LogP contribution in [0.4, 0.5) is 17.1 Å². The van der Waals surface area contributed by atoms with Crippen molar-refractivity contribution in [3.8, 4) is 44.8 Å². The Balaban J connectivity index is 0.950. The lowest BCUT2D eigenvalue weighted by molar-refractivity contribution is 0.620. The van der Waals surface area contributed by atoms with Crippen LogP contribution in [0.2, 0.25) is 0 Å². The molecule has 57 heavy (non-hydrogen) atoms. The topological polar surface area (TPSA) is 42.4 Å². The summed E-state index contributed by atoms with van der Waals surface area (Å²) in [5.41, 5.74) is 14.2. The summed E-state index contributed by atoms with van der Waals surface area (Å²) >= 11 is 0. The standard InChI is InChI=1S/C53H34N2O2/c1-3-10-35(11-4-1)37-20-25-44(26-21-37)55(46-17-9-16-41(31-46)42-19-18-36-12-7-8-15-40(36)30-42)45-27-22-38(23-28-45)43-24-29-47-48-33-52-49(34-51(48)56-50(47)32-43)54-53(57-52)39-13-5-2-6-14-39/h1-34H. The summed E-state index contributed by atoms with van der Waals surface area (Å²) in [6, 6.07) is 72.6. The third-order valence-electron chi connectivity index (χ3n) is 10.9. The molecule has 11 rings (SSSR count). The van der Waals surface area contributed by atoms with Gasteiger partial charge in [-0.05, 0) is 117 Å². The molecular weight excluding hydrogens is 697 g/mol. The van der Waals surface area contributed by atoms with Crippen LogP contribution in [0.25, 0.3) is 88.6 Å². The Bertz CT molecular complexity index is 3220. The van der Waals surface area contributed by atoms with Crippen molar-refractivity contribution in [1.29, 1.82) is 0 Å². The van der Waals surface area contributed by atoms with Gasteiger partial charge >= 0.3 is 0 Å². The molecule has 0 aliphatic carbocycles. The molecule has 0 atom stereocenters. The molecule has 0 fully saturated rings. The fraction of sp³-hybridized carbons (Fsp3) is 0. The van der Waals surface area contributed by atoms with Crippen LogP contribution in [0.15, 0.2) is 215 Å². The molecule has 0 N–H and O–H groups in total. The summed E-state index contributed by atoms with van der Waals surface area (Å²) in [7, 11) is 0. The van der Waals surface area contributed by atoms with Gasteiger partial charge in [-0.25, -0.2) is 4.98 Å². The lowest BCUT2D eigenvalue weighted by Crippen LogP contribution is -2.10. The van der Waals surface area contributed by atoms with Gasteiger partial charge in [-0.3, -0.25) is 0 Å². The highest BCUT2D eigenvalue weighted by Crippen LogP contribution is 2.40. The van der Waals surface area contributed by atoms with E-state index in [0.29, 0.717) is 5.89 Å². The van der Waals surface area contributed by atoms with Crippen molar-refractivity contribution < 1.29 is 8.83 Å². The molecule has 0 unspecified atom stereocenters. The van der Waals surface area contributed by atoms with E-state index in [9.17, 15) is 0 Å². The predicted molar refractivity (Wildman–Crippen MR) is 235 cm³/mol. The molecule has 0 radical (unpaired) electrons. The van der Waals surface area contributed by atoms with Gasteiger partial charge in [-0.2, -0.15) is 0 Å². The van der Waals surface area contributed by atoms with Crippen LogP contribution in [-0.2, 0) is 0 Å². The van der Waals surface area contributed by atoms with E-state index < -0.39 is 0 Å². The summed E-state index contributed by atoms with van der Waals surface area (Å²) in [6.45, 7) is 0. The Hall–Kier alpha value is -7.69. The van der Waals surface area contributed by atoms with Crippen molar-refractivity contribution in [2.45, 2.75) is 0 Å². The van der Waals surface area contributed by atoms with Gasteiger partial charge < -0.3 is 13.7 Å². The molecule has 2 aromatic heterocycles. The lowest BCUT2D eigenvalue weighted by atomic mass is 10.00. The number of oxazole rings is 1. The van der Waals surface area contributed by atoms with Crippen LogP contribution in [-0.4, -0.2) is 4.98 Å². The highest BCUT2D eigenvalue weighted by atomic mass is 16.4. The van der Waals surface area contributed by atoms with Crippen LogP contribution in [0.3, 0.4) is 0 Å². The number of hydrogen-bond acceptors (Lipinski definition) is 4. The van der Waals surface area contributed by atoms with Crippen LogP contribution >= 0.6 is 0 Å². The Morgan fingerprint density at radius 3 is 1.63 bits per heavy atom. The molecule has 11 aromatic rings. The minimum absolute atomic E-state index is 0.605. The number of nitrogens with zero attached hydrogens (tertiary/aromatic N) is 2. The second-order valence-corrected chi connectivity index (χ2v) is 14.4. The molecule has 0 saturated heterocycles. The maximum absolute atomic E-state index is 6.44. The van der Waals surface area contributed by atoms with E-state index in [1.165, 1.54) is 33.0 Å². The highest BCUT2D eigenvalue weighted by molar-refractivity contribution is 6.09. The summed E-state index contributed by atoms with van der Waals surface area (Å²) < 4.78 is 12.6. The van der Waals surface area contributed by atoms with E-state index in [1.807, 2.05) is 42.5 Å². The van der Waals surface area contributed by atoms with Crippen molar-refractivity contribution in [3.63, 3.8) is 0 Å². The van der Waals surface area contributed by atoms with Crippen LogP contribution in [0.5, 0.6) is 0 Å². The monoisotopic (exact) mass is 730 g/mol. The zero-order valence-corrected chi connectivity index (χ0v) is 30.8. The molecule has 0 spiro atoms. The first-order valence-corrected chi connectivity index (χ1v) is 19.2. The molecule has 0 amide bonds. The van der Waals surface area contributed by atoms with Crippen molar-refractivity contribution in [1.82, 2.24) is 4.98 Å². The first-order valence-electron chi connectivity index (χ1n) is 19.2. The average molecular weight is 731 g/mol. The van der Waals surface area contributed by atoms with E-state index >= 15 is 0 Å². The van der Waals surface area contributed by atoms with Crippen LogP contribution < -0.4 is 4.90 Å². The quantitative estimate of drug-likeness (QED) is 0.164. The molecule has 4 nitrogen and oxygen atoms in total. The summed E-state index contributed by atoms with van der Waals surface area (Å²) in [5, 5.41) is 4.52. The first-order chi connectivity index (χ1) is 28.2. The number of fused-ring (bicyclic) bond motifs is 5. The minimum Gasteiger partial charge on any atom is -0.456 e. The number of anilines is 3. The Morgan fingerprint density at radius 1 is 0.316 bits per heavy atom. The Kier molecular flexibility index (Phi) is 7.78. The van der Waals surface area contributed by atoms with E-state index in [-0.39, 0.29) is 0 Å². The first kappa shape index (κ1) is 32.7. The van der Waals surface area contributed by atoms with E-state index in [2.05, 4.69) is 169 Å². The van der Waals surface area contributed by atoms with Crippen molar-refractivity contribution in [3.05, 3.63) is 206 Å². The van der Waals surface area contributed by atoms with Crippen LogP contribution in [0.1, 0.15) is 0 Å². The molecule has 4 heteroatoms. The zero-order valence-electron chi connectivity index (χ0n) is 30.8. The molecule has 2 heterocycles. The van der Waals surface area contributed by atoms with Gasteiger partial charge in [0.05, 0.1) is 0 Å². The maximum atomic E-state index is 6.44. The Morgan fingerprint density at radius 2 is 0.877 bits per heavy atom. The van der Waals surface area contributed by atoms with Gasteiger partial charge in [-0.1, -0.05) is 127 Å². The smallest absolute Gasteiger partial charge is 0.227 e. The van der Waals surface area contributed by atoms with E-state index in [0.717, 1.165) is 66.8 Å². The van der Waals surface area contributed by atoms with E-state index in [4.69, 9.17) is 13.8 Å². The third kappa shape index (κ3) is 6.01. The number of aromatic nitrogens is 1. The lowest BCUT2D eigenvalue weighted by Gasteiger charge is -2.26. The number of benzene rings is 9. The number of furan rings is 1. The fourth-order valence-corrected chi connectivity index (χ4v) is 7.96. The van der Waals surface area contributed by atoms with Gasteiger partial charge in [0.25, 0.3) is 0 Å². The summed E-state index contributed by atoms with van der Waals surface area (Å²) in [5.74, 6) is 0.605. The zero-order chi connectivity index (χ0) is 37.7. The largest absolute Gasteiger partial charge is 0.456 e. The third-order valence-corrected chi connectivity index (χ3v) is 10.9. The molecule has 0 aliphatic heterocycles. The van der Waals surface area contributed by atoms with Gasteiger partial charge in [0.15, 0.2) is 5.58 Å². The second-order valence-electron chi connectivity index (χ2n) is 14.4. The number of hydrogen-bond donors (Lipinski definition) is 0. The normalized spacial score (nSPS) is 11.5. The van der Waals surface area contributed by atoms with Gasteiger partial charge in [0, 0.05) is 39.5 Å². The van der Waals surface area contributed by atoms with Gasteiger partial charge in [-0.15, -0.1) is 0 Å². The van der Waals surface area contributed by atoms with Crippen molar-refractivity contribution in [2.75, 3.05) is 4.90 Å². The molecule has 9 aromatic carbocycles. The molecule has 0 bridgehead atoms. The average Bonchev–Trinajstić information content (AvgIpc) is 3.87. The van der Waals surface area contributed by atoms with Gasteiger partial charge in [0.1, 0.15) is 16.7 Å². The molecular formula is C53H34N2O2. The fourth-order valence-electron chi connectivity index (χ4n) is 7.96. The maximum Gasteiger partial charge on any atom is 0.227 e. The SMILES string of the molecule is c1ccc(-c2ccc(N(c3ccc(-c4ccc5c(c4)oc4cc6nc(-c7ccccc7)oc6cc45)cc3)c3cccc(-c4ccc5ccccc5c4)c3)cc2)cc1. The molecule has 0 saturated carbocycles. The Labute approximate surface area is 329 Å². The predicted octanol–water partition coefficient (Wildman–Crippen LogP) is 15.0. The van der Waals surface area contributed by atoms with Crippen molar-refractivity contribution in [2.24, 2.45) is 0 Å². The van der Waals surface area contributed by atoms with Gasteiger partial charge in [0.2, 0.25) is 5.89 Å². The summed E-state index contributed by atoms with van der Waals surface area (Å²) in [6.07, 6.45) is 0. The van der Waals surface area contributed by atoms with Crippen LogP contribution in [0, 0.1) is 0 Å². The van der Waals surface area contributed by atoms with Crippen molar-refractivity contribution >= 4 is 60.9 Å². The minimum atomic E-state index is 0.605. The second kappa shape index (κ2) is 13.6. The molecule has 268 valence electrons. The number of rotatable bonds is 7. The molecule has 0 aliphatic rings. The summed E-state index contributed by atoms with van der Waals surface area (Å²) in [4.78, 5) is 7.08.